The van der Waals surface area contributed by atoms with Crippen LogP contribution in [0, 0.1) is 11.8 Å². The van der Waals surface area contributed by atoms with Crippen molar-refractivity contribution in [1.29, 1.82) is 0 Å². The Kier molecular flexibility index (Phi) is 5.19. The maximum absolute atomic E-state index is 11.6. The summed E-state index contributed by atoms with van der Waals surface area (Å²) < 4.78 is 0. The summed E-state index contributed by atoms with van der Waals surface area (Å²) in [7, 11) is 0. The second kappa shape index (κ2) is 6.42. The molecular weight excluding hydrogens is 232 g/mol. The van der Waals surface area contributed by atoms with Gasteiger partial charge >= 0.3 is 12.0 Å². The molecule has 5 nitrogen and oxygen atoms in total. The highest BCUT2D eigenvalue weighted by atomic mass is 16.4. The van der Waals surface area contributed by atoms with Crippen LogP contribution in [0.2, 0.25) is 0 Å². The van der Waals surface area contributed by atoms with Crippen LogP contribution in [0.1, 0.15) is 40.0 Å². The third-order valence-corrected chi connectivity index (χ3v) is 2.96. The van der Waals surface area contributed by atoms with Crippen LogP contribution < -0.4 is 10.6 Å². The number of allylic oxidation sites excluding steroid dienone is 1. The Morgan fingerprint density at radius 2 is 2.00 bits per heavy atom. The quantitative estimate of drug-likeness (QED) is 0.679. The minimum Gasteiger partial charge on any atom is -0.480 e. The number of carboxylic acid groups (broad SMARTS) is 1. The summed E-state index contributed by atoms with van der Waals surface area (Å²) >= 11 is 0. The summed E-state index contributed by atoms with van der Waals surface area (Å²) in [5.41, 5.74) is 1.14. The lowest BCUT2D eigenvalue weighted by atomic mass is 10.0. The van der Waals surface area contributed by atoms with Crippen molar-refractivity contribution in [3.63, 3.8) is 0 Å². The van der Waals surface area contributed by atoms with Crippen molar-refractivity contribution < 1.29 is 14.7 Å². The topological polar surface area (TPSA) is 78.4 Å². The molecule has 0 aromatic rings. The number of carboxylic acids is 1. The molecule has 1 rings (SSSR count). The van der Waals surface area contributed by atoms with Crippen LogP contribution in [0.4, 0.5) is 4.79 Å². The third kappa shape index (κ3) is 5.21. The molecule has 0 saturated heterocycles. The van der Waals surface area contributed by atoms with Crippen molar-refractivity contribution in [3.05, 3.63) is 11.8 Å². The highest BCUT2D eigenvalue weighted by Gasteiger charge is 2.23. The molecule has 3 N–H and O–H groups in total. The van der Waals surface area contributed by atoms with Gasteiger partial charge in [-0.1, -0.05) is 19.4 Å². The van der Waals surface area contributed by atoms with Crippen LogP contribution in [0.3, 0.4) is 0 Å². The lowest BCUT2D eigenvalue weighted by Gasteiger charge is -2.16. The molecule has 0 aromatic carbocycles. The molecule has 1 aliphatic carbocycles. The molecule has 1 fully saturated rings. The lowest BCUT2D eigenvalue weighted by Crippen LogP contribution is -2.45. The van der Waals surface area contributed by atoms with E-state index >= 15 is 0 Å². The molecule has 0 heterocycles. The molecule has 0 spiro atoms. The molecule has 102 valence electrons. The molecule has 0 bridgehead atoms. The van der Waals surface area contributed by atoms with E-state index in [9.17, 15) is 9.59 Å². The molecule has 5 heteroatoms. The first kappa shape index (κ1) is 14.5. The van der Waals surface area contributed by atoms with Crippen LogP contribution >= 0.6 is 0 Å². The summed E-state index contributed by atoms with van der Waals surface area (Å²) in [6.07, 6.45) is 4.45. The second-order valence-electron chi connectivity index (χ2n) is 5.30. The Morgan fingerprint density at radius 3 is 2.44 bits per heavy atom. The number of hydrogen-bond acceptors (Lipinski definition) is 2. The number of rotatable bonds is 6. The fourth-order valence-corrected chi connectivity index (χ4v) is 1.73. The van der Waals surface area contributed by atoms with E-state index in [0.717, 1.165) is 5.57 Å². The fourth-order valence-electron chi connectivity index (χ4n) is 1.73. The lowest BCUT2D eigenvalue weighted by molar-refractivity contribution is -0.139. The highest BCUT2D eigenvalue weighted by Crippen LogP contribution is 2.35. The van der Waals surface area contributed by atoms with Gasteiger partial charge in [0.2, 0.25) is 0 Å². The van der Waals surface area contributed by atoms with E-state index in [4.69, 9.17) is 5.11 Å². The average Bonchev–Trinajstić information content (AvgIpc) is 3.07. The number of carbonyl (C=O) groups is 2. The molecule has 1 unspecified atom stereocenters. The number of amides is 2. The van der Waals surface area contributed by atoms with E-state index in [1.54, 1.807) is 6.20 Å². The summed E-state index contributed by atoms with van der Waals surface area (Å²) in [5.74, 6) is -0.187. The number of carbonyl (C=O) groups excluding carboxylic acids is 1. The maximum atomic E-state index is 11.6. The first-order valence-electron chi connectivity index (χ1n) is 6.36. The van der Waals surface area contributed by atoms with E-state index in [2.05, 4.69) is 10.6 Å². The maximum Gasteiger partial charge on any atom is 0.326 e. The van der Waals surface area contributed by atoms with Crippen molar-refractivity contribution in [1.82, 2.24) is 10.6 Å². The van der Waals surface area contributed by atoms with Gasteiger partial charge in [-0.15, -0.1) is 0 Å². The van der Waals surface area contributed by atoms with Gasteiger partial charge in [-0.25, -0.2) is 9.59 Å². The van der Waals surface area contributed by atoms with Crippen molar-refractivity contribution in [2.75, 3.05) is 0 Å². The monoisotopic (exact) mass is 254 g/mol. The fraction of sp³-hybridized carbons (Fsp3) is 0.692. The minimum absolute atomic E-state index is 0.218. The van der Waals surface area contributed by atoms with E-state index < -0.39 is 18.0 Å². The Balaban J connectivity index is 2.40. The first-order chi connectivity index (χ1) is 8.40. The van der Waals surface area contributed by atoms with Gasteiger partial charge in [-0.05, 0) is 38.0 Å². The molecule has 0 aliphatic heterocycles. The van der Waals surface area contributed by atoms with Gasteiger partial charge in [-0.3, -0.25) is 0 Å². The zero-order valence-electron chi connectivity index (χ0n) is 11.2. The van der Waals surface area contributed by atoms with Gasteiger partial charge in [0.15, 0.2) is 0 Å². The summed E-state index contributed by atoms with van der Waals surface area (Å²) in [6, 6.07) is -1.29. The Morgan fingerprint density at radius 1 is 1.39 bits per heavy atom. The standard InChI is InChI=1S/C13H22N2O3/c1-8(2)6-11(12(16)17)15-13(18)14-7-9(3)10-4-5-10/h7-8,10-11H,4-6H2,1-3H3,(H,16,17)(H2,14,15,18)/b9-7+. The van der Waals surface area contributed by atoms with E-state index in [-0.39, 0.29) is 5.92 Å². The molecular formula is C13H22N2O3. The zero-order chi connectivity index (χ0) is 13.7. The Bertz CT molecular complexity index is 346. The van der Waals surface area contributed by atoms with Crippen molar-refractivity contribution >= 4 is 12.0 Å². The minimum atomic E-state index is -0.998. The molecule has 18 heavy (non-hydrogen) atoms. The van der Waals surface area contributed by atoms with Gasteiger partial charge in [0.25, 0.3) is 0 Å². The predicted molar refractivity (Wildman–Crippen MR) is 69.0 cm³/mol. The number of urea groups is 1. The smallest absolute Gasteiger partial charge is 0.326 e. The summed E-state index contributed by atoms with van der Waals surface area (Å²) in [6.45, 7) is 5.82. The zero-order valence-corrected chi connectivity index (χ0v) is 11.2. The van der Waals surface area contributed by atoms with Gasteiger partial charge in [-0.2, -0.15) is 0 Å². The Labute approximate surface area is 108 Å². The highest BCUT2D eigenvalue weighted by molar-refractivity contribution is 5.82. The number of aliphatic carboxylic acids is 1. The number of nitrogens with one attached hydrogen (secondary N) is 2. The van der Waals surface area contributed by atoms with E-state index in [1.807, 2.05) is 20.8 Å². The van der Waals surface area contributed by atoms with Crippen molar-refractivity contribution in [2.45, 2.75) is 46.1 Å². The van der Waals surface area contributed by atoms with Crippen molar-refractivity contribution in [3.8, 4) is 0 Å². The SMILES string of the molecule is C/C(=C\NC(=O)NC(CC(C)C)C(=O)O)C1CC1. The van der Waals surface area contributed by atoms with E-state index in [0.29, 0.717) is 12.3 Å². The largest absolute Gasteiger partial charge is 0.480 e. The van der Waals surface area contributed by atoms with Crippen LogP contribution in [0.15, 0.2) is 11.8 Å². The van der Waals surface area contributed by atoms with Gasteiger partial charge < -0.3 is 15.7 Å². The van der Waals surface area contributed by atoms with Crippen LogP contribution in [-0.2, 0) is 4.79 Å². The summed E-state index contributed by atoms with van der Waals surface area (Å²) in [5, 5.41) is 14.0. The van der Waals surface area contributed by atoms with Crippen LogP contribution in [0.25, 0.3) is 0 Å². The summed E-state index contributed by atoms with van der Waals surface area (Å²) in [4.78, 5) is 22.5. The molecule has 2 amide bonds. The average molecular weight is 254 g/mol. The predicted octanol–water partition coefficient (Wildman–Crippen LogP) is 2.10. The molecule has 1 aliphatic rings. The van der Waals surface area contributed by atoms with E-state index in [1.165, 1.54) is 12.8 Å². The normalized spacial score (nSPS) is 17.4. The third-order valence-electron chi connectivity index (χ3n) is 2.96. The second-order valence-corrected chi connectivity index (χ2v) is 5.30. The van der Waals surface area contributed by atoms with Gasteiger partial charge in [0, 0.05) is 6.20 Å². The van der Waals surface area contributed by atoms with Crippen LogP contribution in [0.5, 0.6) is 0 Å². The van der Waals surface area contributed by atoms with Gasteiger partial charge in [0.1, 0.15) is 6.04 Å². The number of hydrogen-bond donors (Lipinski definition) is 3. The molecule has 0 radical (unpaired) electrons. The van der Waals surface area contributed by atoms with Crippen molar-refractivity contribution in [2.24, 2.45) is 11.8 Å². The van der Waals surface area contributed by atoms with Gasteiger partial charge in [0.05, 0.1) is 0 Å². The first-order valence-corrected chi connectivity index (χ1v) is 6.36. The van der Waals surface area contributed by atoms with Crippen LogP contribution in [-0.4, -0.2) is 23.1 Å². The molecule has 1 saturated carbocycles. The Hall–Kier alpha value is -1.52. The molecule has 0 aromatic heterocycles. The molecule has 1 atom stereocenters.